The summed E-state index contributed by atoms with van der Waals surface area (Å²) in [5.41, 5.74) is 5.62. The number of hydrogen-bond acceptors (Lipinski definition) is 4. The van der Waals surface area contributed by atoms with E-state index in [1.807, 2.05) is 6.92 Å². The Morgan fingerprint density at radius 1 is 1.55 bits per heavy atom. The fraction of sp³-hybridized carbons (Fsp3) is 0.500. The number of hydrogen-bond donors (Lipinski definition) is 1. The minimum Gasteiger partial charge on any atom is -0.398 e. The largest absolute Gasteiger partial charge is 0.398 e. The van der Waals surface area contributed by atoms with E-state index < -0.39 is 15.8 Å². The van der Waals surface area contributed by atoms with E-state index in [2.05, 4.69) is 15.9 Å². The topological polar surface area (TPSA) is 63.4 Å². The van der Waals surface area contributed by atoms with Crippen molar-refractivity contribution in [3.8, 4) is 0 Å². The van der Waals surface area contributed by atoms with Gasteiger partial charge in [0, 0.05) is 24.1 Å². The normalized spacial score (nSPS) is 21.1. The molecule has 0 bridgehead atoms. The molecule has 0 spiro atoms. The molecule has 1 aliphatic heterocycles. The maximum atomic E-state index is 13.4. The van der Waals surface area contributed by atoms with Crippen LogP contribution >= 0.6 is 27.7 Å². The molecule has 0 amide bonds. The lowest BCUT2D eigenvalue weighted by Gasteiger charge is -2.31. The molecule has 0 aliphatic carbocycles. The van der Waals surface area contributed by atoms with Crippen LogP contribution in [0.3, 0.4) is 0 Å². The first kappa shape index (κ1) is 16.1. The highest BCUT2D eigenvalue weighted by Crippen LogP contribution is 2.31. The van der Waals surface area contributed by atoms with Crippen molar-refractivity contribution in [1.29, 1.82) is 0 Å². The number of halogens is 2. The van der Waals surface area contributed by atoms with Crippen molar-refractivity contribution in [2.24, 2.45) is 0 Å². The fourth-order valence-electron chi connectivity index (χ4n) is 2.06. The van der Waals surface area contributed by atoms with Crippen molar-refractivity contribution in [3.05, 3.63) is 22.4 Å². The molecule has 1 saturated heterocycles. The number of benzene rings is 1. The molecule has 112 valence electrons. The molecule has 1 aromatic carbocycles. The van der Waals surface area contributed by atoms with Gasteiger partial charge in [-0.15, -0.1) is 0 Å². The van der Waals surface area contributed by atoms with Gasteiger partial charge in [0.15, 0.2) is 0 Å². The molecule has 1 aromatic rings. The molecule has 1 heterocycles. The maximum Gasteiger partial charge on any atom is 0.245 e. The van der Waals surface area contributed by atoms with Crippen molar-refractivity contribution in [2.75, 3.05) is 24.6 Å². The third kappa shape index (κ3) is 3.13. The molecular weight excluding hydrogens is 367 g/mol. The summed E-state index contributed by atoms with van der Waals surface area (Å²) in [6, 6.07) is 2.27. The number of sulfonamides is 1. The van der Waals surface area contributed by atoms with E-state index in [9.17, 15) is 12.8 Å². The molecule has 8 heteroatoms. The first-order valence-corrected chi connectivity index (χ1v) is 9.50. The molecule has 0 aromatic heterocycles. The van der Waals surface area contributed by atoms with Gasteiger partial charge in [-0.2, -0.15) is 16.1 Å². The molecule has 0 radical (unpaired) electrons. The van der Waals surface area contributed by atoms with E-state index in [0.717, 1.165) is 18.2 Å². The zero-order valence-electron chi connectivity index (χ0n) is 11.0. The lowest BCUT2D eigenvalue weighted by atomic mass is 10.3. The lowest BCUT2D eigenvalue weighted by Crippen LogP contribution is -2.41. The van der Waals surface area contributed by atoms with Crippen LogP contribution in [0.1, 0.15) is 13.3 Å². The highest BCUT2D eigenvalue weighted by atomic mass is 79.9. The first-order valence-electron chi connectivity index (χ1n) is 6.22. The summed E-state index contributed by atoms with van der Waals surface area (Å²) in [6.45, 7) is 2.96. The average Bonchev–Trinajstić information content (AvgIpc) is 2.42. The summed E-state index contributed by atoms with van der Waals surface area (Å²) >= 11 is 4.79. The van der Waals surface area contributed by atoms with E-state index in [1.54, 1.807) is 11.8 Å². The Labute approximate surface area is 131 Å². The fourth-order valence-corrected chi connectivity index (χ4v) is 5.56. The van der Waals surface area contributed by atoms with Crippen LogP contribution in [0.4, 0.5) is 10.1 Å². The van der Waals surface area contributed by atoms with Gasteiger partial charge in [0.1, 0.15) is 10.7 Å². The van der Waals surface area contributed by atoms with Crippen molar-refractivity contribution in [1.82, 2.24) is 4.31 Å². The number of thioether (sulfide) groups is 1. The summed E-state index contributed by atoms with van der Waals surface area (Å²) in [5.74, 6) is 0.196. The van der Waals surface area contributed by atoms with Gasteiger partial charge in [-0.05, 0) is 34.5 Å². The van der Waals surface area contributed by atoms with Crippen molar-refractivity contribution < 1.29 is 12.8 Å². The number of nitrogen functional groups attached to an aromatic ring is 1. The molecule has 1 atom stereocenters. The molecule has 4 nitrogen and oxygen atoms in total. The summed E-state index contributed by atoms with van der Waals surface area (Å²) in [7, 11) is -3.68. The Morgan fingerprint density at radius 3 is 2.90 bits per heavy atom. The van der Waals surface area contributed by atoms with Gasteiger partial charge >= 0.3 is 0 Å². The SMILES string of the molecule is CCC1CN(S(=O)(=O)c2cc(Br)c(F)cc2N)CCS1. The molecular formula is C12H16BrFN2O2S2. The standard InChI is InChI=1S/C12H16BrFN2O2S2/c1-2-8-7-16(3-4-19-8)20(17,18)12-5-9(13)10(14)6-11(12)15/h5-6,8H,2-4,7,15H2,1H3. The molecule has 1 unspecified atom stereocenters. The van der Waals surface area contributed by atoms with Gasteiger partial charge in [-0.25, -0.2) is 12.8 Å². The number of rotatable bonds is 3. The molecule has 2 rings (SSSR count). The van der Waals surface area contributed by atoms with Crippen LogP contribution in [0.15, 0.2) is 21.5 Å². The van der Waals surface area contributed by atoms with Crippen LogP contribution in [0, 0.1) is 5.82 Å². The zero-order chi connectivity index (χ0) is 14.9. The van der Waals surface area contributed by atoms with Crippen molar-refractivity contribution in [2.45, 2.75) is 23.5 Å². The van der Waals surface area contributed by atoms with E-state index in [4.69, 9.17) is 5.73 Å². The number of nitrogens with two attached hydrogens (primary N) is 1. The Bertz CT molecular complexity index is 610. The smallest absolute Gasteiger partial charge is 0.245 e. The van der Waals surface area contributed by atoms with Crippen molar-refractivity contribution in [3.63, 3.8) is 0 Å². The van der Waals surface area contributed by atoms with Crippen LogP contribution in [0.5, 0.6) is 0 Å². The average molecular weight is 383 g/mol. The van der Waals surface area contributed by atoms with E-state index in [1.165, 1.54) is 10.4 Å². The quantitative estimate of drug-likeness (QED) is 0.816. The van der Waals surface area contributed by atoms with Gasteiger partial charge in [0.2, 0.25) is 10.0 Å². The van der Waals surface area contributed by atoms with Gasteiger partial charge in [0.25, 0.3) is 0 Å². The second kappa shape index (κ2) is 6.21. The Balaban J connectivity index is 2.37. The minimum absolute atomic E-state index is 0.0347. The van der Waals surface area contributed by atoms with E-state index in [-0.39, 0.29) is 15.1 Å². The summed E-state index contributed by atoms with van der Waals surface area (Å²) in [4.78, 5) is -0.0347. The van der Waals surface area contributed by atoms with Crippen LogP contribution in [0.25, 0.3) is 0 Å². The summed E-state index contributed by atoms with van der Waals surface area (Å²) in [6.07, 6.45) is 0.916. The van der Waals surface area contributed by atoms with Crippen molar-refractivity contribution >= 4 is 43.4 Å². The second-order valence-electron chi connectivity index (χ2n) is 4.57. The molecule has 20 heavy (non-hydrogen) atoms. The third-order valence-electron chi connectivity index (χ3n) is 3.23. The number of anilines is 1. The van der Waals surface area contributed by atoms with Gasteiger partial charge in [-0.3, -0.25) is 0 Å². The zero-order valence-corrected chi connectivity index (χ0v) is 14.2. The van der Waals surface area contributed by atoms with Crippen LogP contribution in [0.2, 0.25) is 0 Å². The molecule has 1 fully saturated rings. The lowest BCUT2D eigenvalue weighted by molar-refractivity contribution is 0.416. The third-order valence-corrected chi connectivity index (χ3v) is 7.13. The highest BCUT2D eigenvalue weighted by Gasteiger charge is 2.31. The Hall–Kier alpha value is -0.310. The predicted octanol–water partition coefficient (Wildman–Crippen LogP) is 2.69. The summed E-state index contributed by atoms with van der Waals surface area (Å²) in [5, 5.41) is 0.295. The maximum absolute atomic E-state index is 13.4. The predicted molar refractivity (Wildman–Crippen MR) is 83.8 cm³/mol. The number of nitrogens with zero attached hydrogens (tertiary/aromatic N) is 1. The highest BCUT2D eigenvalue weighted by molar-refractivity contribution is 9.10. The molecule has 1 aliphatic rings. The molecule has 0 saturated carbocycles. The Morgan fingerprint density at radius 2 is 2.25 bits per heavy atom. The van der Waals surface area contributed by atoms with Crippen LogP contribution < -0.4 is 5.73 Å². The van der Waals surface area contributed by atoms with E-state index >= 15 is 0 Å². The van der Waals surface area contributed by atoms with Gasteiger partial charge < -0.3 is 5.73 Å². The first-order chi connectivity index (χ1) is 9.36. The minimum atomic E-state index is -3.68. The van der Waals surface area contributed by atoms with E-state index in [0.29, 0.717) is 18.3 Å². The summed E-state index contributed by atoms with van der Waals surface area (Å²) < 4.78 is 40.2. The van der Waals surface area contributed by atoms with Crippen LogP contribution in [-0.4, -0.2) is 36.8 Å². The Kier molecular flexibility index (Phi) is 4.99. The molecule has 2 N–H and O–H groups in total. The van der Waals surface area contributed by atoms with Crippen LogP contribution in [-0.2, 0) is 10.0 Å². The van der Waals surface area contributed by atoms with Gasteiger partial charge in [-0.1, -0.05) is 6.92 Å². The second-order valence-corrected chi connectivity index (χ2v) is 8.74. The van der Waals surface area contributed by atoms with Gasteiger partial charge in [0.05, 0.1) is 10.2 Å². The monoisotopic (exact) mass is 382 g/mol.